The van der Waals surface area contributed by atoms with Crippen LogP contribution < -0.4 is 10.2 Å². The van der Waals surface area contributed by atoms with Gasteiger partial charge in [0.25, 0.3) is 5.89 Å². The number of pyridine rings is 1. The molecule has 7 rings (SSSR count). The highest BCUT2D eigenvalue weighted by Gasteiger charge is 2.39. The summed E-state index contributed by atoms with van der Waals surface area (Å²) in [5.74, 6) is 1.09. The molecule has 9 heteroatoms. The summed E-state index contributed by atoms with van der Waals surface area (Å²) in [6, 6.07) is 22.3. The first-order valence-corrected chi connectivity index (χ1v) is 12.9. The maximum absolute atomic E-state index is 13.3. The summed E-state index contributed by atoms with van der Waals surface area (Å²) in [4.78, 5) is 25.2. The van der Waals surface area contributed by atoms with E-state index in [4.69, 9.17) is 14.1 Å². The molecule has 190 valence electrons. The van der Waals surface area contributed by atoms with E-state index in [1.807, 2.05) is 66.7 Å². The first kappa shape index (κ1) is 22.8. The minimum absolute atomic E-state index is 0.0740. The zero-order chi connectivity index (χ0) is 25.5. The molecule has 2 aromatic heterocycles. The van der Waals surface area contributed by atoms with E-state index in [0.29, 0.717) is 31.2 Å². The molecule has 3 atom stereocenters. The van der Waals surface area contributed by atoms with Gasteiger partial charge in [0.2, 0.25) is 0 Å². The van der Waals surface area contributed by atoms with E-state index in [2.05, 4.69) is 25.4 Å². The SMILES string of the molecule is O=C1Cc2ccccc2C(c2ccccc2)=NC1Nc1nnc(-c2cccnc2N2C3CCC2COC3)o1. The highest BCUT2D eigenvalue weighted by molar-refractivity contribution is 6.16. The maximum Gasteiger partial charge on any atom is 0.317 e. The van der Waals surface area contributed by atoms with E-state index in [9.17, 15) is 4.79 Å². The van der Waals surface area contributed by atoms with Crippen molar-refractivity contribution in [3.05, 3.63) is 89.6 Å². The number of nitrogens with zero attached hydrogens (tertiary/aromatic N) is 5. The molecule has 0 spiro atoms. The number of anilines is 2. The first-order valence-electron chi connectivity index (χ1n) is 12.9. The van der Waals surface area contributed by atoms with Crippen LogP contribution in [0.4, 0.5) is 11.8 Å². The lowest BCUT2D eigenvalue weighted by Crippen LogP contribution is -2.46. The fraction of sp³-hybridized carbons (Fsp3) is 0.276. The molecule has 4 aromatic rings. The van der Waals surface area contributed by atoms with Crippen LogP contribution in [0.3, 0.4) is 0 Å². The summed E-state index contributed by atoms with van der Waals surface area (Å²) >= 11 is 0. The van der Waals surface area contributed by atoms with Crippen LogP contribution in [-0.2, 0) is 16.0 Å². The lowest BCUT2D eigenvalue weighted by Gasteiger charge is -2.36. The van der Waals surface area contributed by atoms with Crippen LogP contribution in [0, 0.1) is 0 Å². The van der Waals surface area contributed by atoms with Crippen molar-refractivity contribution in [1.29, 1.82) is 0 Å². The summed E-state index contributed by atoms with van der Waals surface area (Å²) < 4.78 is 11.8. The van der Waals surface area contributed by atoms with Gasteiger partial charge in [-0.15, -0.1) is 5.10 Å². The van der Waals surface area contributed by atoms with Crippen LogP contribution in [0.2, 0.25) is 0 Å². The predicted molar refractivity (Wildman–Crippen MR) is 142 cm³/mol. The standard InChI is InChI=1S/C29H26N6O3/c36-24-15-19-9-4-5-10-22(19)25(18-7-2-1-3-8-18)31-26(24)32-29-34-33-28(38-29)23-11-6-14-30-27(23)35-20-12-13-21(35)17-37-16-20/h1-11,14,20-21,26H,12-13,15-17H2,(H,32,34). The smallest absolute Gasteiger partial charge is 0.317 e. The Kier molecular flexibility index (Phi) is 5.70. The Morgan fingerprint density at radius 3 is 2.47 bits per heavy atom. The summed E-state index contributed by atoms with van der Waals surface area (Å²) in [7, 11) is 0. The number of benzene rings is 2. The molecule has 3 unspecified atom stereocenters. The van der Waals surface area contributed by atoms with Gasteiger partial charge < -0.3 is 19.4 Å². The van der Waals surface area contributed by atoms with Gasteiger partial charge in [-0.2, -0.15) is 0 Å². The Hall–Kier alpha value is -4.37. The van der Waals surface area contributed by atoms with Crippen LogP contribution in [0.25, 0.3) is 11.5 Å². The molecule has 9 nitrogen and oxygen atoms in total. The van der Waals surface area contributed by atoms with Crippen LogP contribution >= 0.6 is 0 Å². The van der Waals surface area contributed by atoms with Crippen molar-refractivity contribution >= 4 is 23.3 Å². The number of Topliss-reactive ketones (excluding diaryl/α,β-unsaturated/α-hetero) is 1. The van der Waals surface area contributed by atoms with Crippen molar-refractivity contribution in [2.45, 2.75) is 37.5 Å². The van der Waals surface area contributed by atoms with Crippen molar-refractivity contribution in [2.75, 3.05) is 23.4 Å². The second-order valence-corrected chi connectivity index (χ2v) is 9.81. The van der Waals surface area contributed by atoms with E-state index >= 15 is 0 Å². The monoisotopic (exact) mass is 506 g/mol. The molecule has 1 N–H and O–H groups in total. The highest BCUT2D eigenvalue weighted by Crippen LogP contribution is 2.38. The molecule has 0 amide bonds. The number of aromatic nitrogens is 3. The van der Waals surface area contributed by atoms with Gasteiger partial charge in [0.1, 0.15) is 5.82 Å². The van der Waals surface area contributed by atoms with Crippen LogP contribution in [0.5, 0.6) is 0 Å². The minimum Gasteiger partial charge on any atom is -0.403 e. The zero-order valence-corrected chi connectivity index (χ0v) is 20.7. The summed E-state index contributed by atoms with van der Waals surface area (Å²) in [5.41, 5.74) is 4.34. The Balaban J connectivity index is 1.21. The number of morpholine rings is 1. The number of nitrogens with one attached hydrogen (secondary N) is 1. The predicted octanol–water partition coefficient (Wildman–Crippen LogP) is 3.90. The molecular formula is C29H26N6O3. The number of carbonyl (C=O) groups excluding carboxylic acids is 1. The summed E-state index contributed by atoms with van der Waals surface area (Å²) in [6.07, 6.45) is 3.32. The van der Waals surface area contributed by atoms with Crippen molar-refractivity contribution in [3.8, 4) is 11.5 Å². The number of hydrogen-bond donors (Lipinski definition) is 1. The molecular weight excluding hydrogens is 480 g/mol. The summed E-state index contributed by atoms with van der Waals surface area (Å²) in [5, 5.41) is 11.6. The van der Waals surface area contributed by atoms with E-state index in [1.54, 1.807) is 6.20 Å². The van der Waals surface area contributed by atoms with E-state index in [-0.39, 0.29) is 18.2 Å². The molecule has 2 fully saturated rings. The van der Waals surface area contributed by atoms with E-state index in [1.165, 1.54) is 0 Å². The normalized spacial score (nSPS) is 22.5. The zero-order valence-electron chi connectivity index (χ0n) is 20.7. The lowest BCUT2D eigenvalue weighted by molar-refractivity contribution is -0.119. The topological polar surface area (TPSA) is 106 Å². The number of aliphatic imine (C=N–C) groups is 1. The van der Waals surface area contributed by atoms with Crippen molar-refractivity contribution in [1.82, 2.24) is 15.2 Å². The molecule has 5 heterocycles. The van der Waals surface area contributed by atoms with E-state index < -0.39 is 6.17 Å². The Bertz CT molecular complexity index is 1500. The van der Waals surface area contributed by atoms with Gasteiger partial charge in [0, 0.05) is 23.7 Å². The van der Waals surface area contributed by atoms with Gasteiger partial charge in [-0.05, 0) is 30.5 Å². The number of ketones is 1. The Labute approximate surface area is 219 Å². The van der Waals surface area contributed by atoms with Crippen LogP contribution in [0.15, 0.2) is 82.3 Å². The lowest BCUT2D eigenvalue weighted by atomic mass is 9.96. The molecule has 2 saturated heterocycles. The second-order valence-electron chi connectivity index (χ2n) is 9.81. The maximum atomic E-state index is 13.3. The first-order chi connectivity index (χ1) is 18.7. The van der Waals surface area contributed by atoms with Gasteiger partial charge in [0.05, 0.1) is 36.6 Å². The van der Waals surface area contributed by atoms with Crippen LogP contribution in [-0.4, -0.2) is 58.1 Å². The number of hydrogen-bond acceptors (Lipinski definition) is 9. The van der Waals surface area contributed by atoms with Crippen LogP contribution in [0.1, 0.15) is 29.5 Å². The average Bonchev–Trinajstić information content (AvgIpc) is 3.48. The highest BCUT2D eigenvalue weighted by atomic mass is 16.5. The van der Waals surface area contributed by atoms with Gasteiger partial charge >= 0.3 is 6.01 Å². The number of rotatable bonds is 5. The third kappa shape index (κ3) is 4.05. The van der Waals surface area contributed by atoms with Gasteiger partial charge in [-0.25, -0.2) is 4.98 Å². The van der Waals surface area contributed by atoms with Gasteiger partial charge in [-0.1, -0.05) is 59.7 Å². The molecule has 38 heavy (non-hydrogen) atoms. The molecule has 2 bridgehead atoms. The van der Waals surface area contributed by atoms with Crippen molar-refractivity contribution in [3.63, 3.8) is 0 Å². The molecule has 0 saturated carbocycles. The minimum atomic E-state index is -0.866. The fourth-order valence-corrected chi connectivity index (χ4v) is 5.65. The fourth-order valence-electron chi connectivity index (χ4n) is 5.65. The largest absolute Gasteiger partial charge is 0.403 e. The average molecular weight is 507 g/mol. The molecule has 2 aromatic carbocycles. The number of ether oxygens (including phenoxy) is 1. The third-order valence-corrected chi connectivity index (χ3v) is 7.43. The Morgan fingerprint density at radius 1 is 0.868 bits per heavy atom. The molecule has 0 aliphatic carbocycles. The number of carbonyl (C=O) groups is 1. The quantitative estimate of drug-likeness (QED) is 0.435. The van der Waals surface area contributed by atoms with Gasteiger partial charge in [0.15, 0.2) is 11.9 Å². The molecule has 3 aliphatic heterocycles. The molecule has 3 aliphatic rings. The van der Waals surface area contributed by atoms with Crippen molar-refractivity contribution in [2.24, 2.45) is 4.99 Å². The number of fused-ring (bicyclic) bond motifs is 3. The molecule has 0 radical (unpaired) electrons. The third-order valence-electron chi connectivity index (χ3n) is 7.43. The van der Waals surface area contributed by atoms with E-state index in [0.717, 1.165) is 46.6 Å². The summed E-state index contributed by atoms with van der Waals surface area (Å²) in [6.45, 7) is 1.38. The second kappa shape index (κ2) is 9.50. The van der Waals surface area contributed by atoms with Crippen molar-refractivity contribution < 1.29 is 13.9 Å². The van der Waals surface area contributed by atoms with Gasteiger partial charge in [-0.3, -0.25) is 9.79 Å². The Morgan fingerprint density at radius 2 is 1.63 bits per heavy atom.